The molecule has 25 heavy (non-hydrogen) atoms. The van der Waals surface area contributed by atoms with Gasteiger partial charge in [0.25, 0.3) is 0 Å². The minimum atomic E-state index is -3.62. The Balaban J connectivity index is 1.81. The van der Waals surface area contributed by atoms with Crippen molar-refractivity contribution in [1.29, 1.82) is 0 Å². The Morgan fingerprint density at radius 2 is 2.04 bits per heavy atom. The van der Waals surface area contributed by atoms with Crippen LogP contribution >= 0.6 is 0 Å². The molecule has 3 heterocycles. The normalized spacial score (nSPS) is 15.8. The topological polar surface area (TPSA) is 140 Å². The minimum absolute atomic E-state index is 0.0508. The zero-order chi connectivity index (χ0) is 17.9. The molecule has 1 fully saturated rings. The average molecular weight is 368 g/mol. The maximum atomic E-state index is 12.5. The molecule has 2 aromatic heterocycles. The highest BCUT2D eigenvalue weighted by Crippen LogP contribution is 2.17. The van der Waals surface area contributed by atoms with Crippen LogP contribution in [0.5, 0.6) is 0 Å². The second-order valence-corrected chi connectivity index (χ2v) is 7.05. The Morgan fingerprint density at radius 1 is 1.28 bits per heavy atom. The Bertz CT molecular complexity index is 844. The number of sulfonamides is 1. The largest absolute Gasteiger partial charge is 0.465 e. The third-order valence-electron chi connectivity index (χ3n) is 3.56. The van der Waals surface area contributed by atoms with Gasteiger partial charge in [0, 0.05) is 19.3 Å². The monoisotopic (exact) mass is 368 g/mol. The fourth-order valence-corrected chi connectivity index (χ4v) is 3.67. The lowest BCUT2D eigenvalue weighted by atomic mass is 10.4. The standard InChI is InChI=1S/C13H16N6O5S/c20-13(21)15-8-12-16-9-17-19(12)11-2-1-10(7-14-11)25(22,23)18-3-5-24-6-4-18/h1-2,7,9,15H,3-6,8H2,(H,20,21). The zero-order valence-electron chi connectivity index (χ0n) is 13.1. The Kier molecular flexibility index (Phi) is 4.92. The summed E-state index contributed by atoms with van der Waals surface area (Å²) in [4.78, 5) is 18.7. The van der Waals surface area contributed by atoms with Crippen molar-refractivity contribution in [3.05, 3.63) is 30.5 Å². The summed E-state index contributed by atoms with van der Waals surface area (Å²) in [7, 11) is -3.62. The molecule has 0 atom stereocenters. The van der Waals surface area contributed by atoms with Crippen molar-refractivity contribution < 1.29 is 23.1 Å². The van der Waals surface area contributed by atoms with Gasteiger partial charge < -0.3 is 15.2 Å². The van der Waals surface area contributed by atoms with Gasteiger partial charge in [0.2, 0.25) is 10.0 Å². The van der Waals surface area contributed by atoms with Crippen LogP contribution in [-0.4, -0.2) is 70.0 Å². The highest BCUT2D eigenvalue weighted by Gasteiger charge is 2.26. The number of aromatic nitrogens is 4. The van der Waals surface area contributed by atoms with E-state index in [1.54, 1.807) is 0 Å². The lowest BCUT2D eigenvalue weighted by Crippen LogP contribution is -2.40. The molecule has 134 valence electrons. The van der Waals surface area contributed by atoms with Gasteiger partial charge in [-0.05, 0) is 12.1 Å². The van der Waals surface area contributed by atoms with Crippen molar-refractivity contribution in [2.75, 3.05) is 26.3 Å². The number of carboxylic acid groups (broad SMARTS) is 1. The summed E-state index contributed by atoms with van der Waals surface area (Å²) in [6.07, 6.45) is 1.32. The molecule has 1 saturated heterocycles. The minimum Gasteiger partial charge on any atom is -0.465 e. The zero-order valence-corrected chi connectivity index (χ0v) is 13.9. The van der Waals surface area contributed by atoms with Crippen molar-refractivity contribution in [2.45, 2.75) is 11.4 Å². The van der Waals surface area contributed by atoms with E-state index < -0.39 is 16.1 Å². The number of ether oxygens (including phenoxy) is 1. The van der Waals surface area contributed by atoms with Gasteiger partial charge in [-0.2, -0.15) is 14.1 Å². The fraction of sp³-hybridized carbons (Fsp3) is 0.385. The van der Waals surface area contributed by atoms with Crippen LogP contribution in [0, 0.1) is 0 Å². The number of carbonyl (C=O) groups is 1. The van der Waals surface area contributed by atoms with E-state index in [2.05, 4.69) is 20.4 Å². The number of hydrogen-bond donors (Lipinski definition) is 2. The summed E-state index contributed by atoms with van der Waals surface area (Å²) in [6, 6.07) is 2.93. The quantitative estimate of drug-likeness (QED) is 0.716. The molecule has 1 amide bonds. The van der Waals surface area contributed by atoms with Gasteiger partial charge in [0.15, 0.2) is 11.6 Å². The van der Waals surface area contributed by atoms with E-state index in [1.807, 2.05) is 0 Å². The number of rotatable bonds is 5. The molecule has 0 spiro atoms. The maximum absolute atomic E-state index is 12.5. The predicted octanol–water partition coefficient (Wildman–Crippen LogP) is -0.549. The van der Waals surface area contributed by atoms with E-state index in [-0.39, 0.29) is 11.4 Å². The Morgan fingerprint density at radius 3 is 2.68 bits per heavy atom. The molecule has 2 aromatic rings. The second kappa shape index (κ2) is 7.13. The molecule has 1 aliphatic rings. The number of pyridine rings is 1. The molecule has 2 N–H and O–H groups in total. The van der Waals surface area contributed by atoms with Crippen LogP contribution in [0.4, 0.5) is 4.79 Å². The van der Waals surface area contributed by atoms with E-state index in [0.29, 0.717) is 37.9 Å². The molecule has 0 unspecified atom stereocenters. The number of nitrogens with zero attached hydrogens (tertiary/aromatic N) is 5. The lowest BCUT2D eigenvalue weighted by Gasteiger charge is -2.25. The SMILES string of the molecule is O=C(O)NCc1ncnn1-c1ccc(S(=O)(=O)N2CCOCC2)cn1. The van der Waals surface area contributed by atoms with Gasteiger partial charge in [-0.1, -0.05) is 0 Å². The van der Waals surface area contributed by atoms with Crippen LogP contribution in [0.15, 0.2) is 29.6 Å². The summed E-state index contributed by atoms with van der Waals surface area (Å²) < 4.78 is 32.9. The van der Waals surface area contributed by atoms with E-state index in [1.165, 1.54) is 33.6 Å². The average Bonchev–Trinajstić information content (AvgIpc) is 3.09. The smallest absolute Gasteiger partial charge is 0.405 e. The third-order valence-corrected chi connectivity index (χ3v) is 5.44. The summed E-state index contributed by atoms with van der Waals surface area (Å²) in [5, 5.41) is 14.8. The first-order valence-corrected chi connectivity index (χ1v) is 8.82. The van der Waals surface area contributed by atoms with Crippen LogP contribution < -0.4 is 5.32 Å². The van der Waals surface area contributed by atoms with Gasteiger partial charge in [0.05, 0.1) is 19.8 Å². The molecule has 3 rings (SSSR count). The van der Waals surface area contributed by atoms with E-state index >= 15 is 0 Å². The maximum Gasteiger partial charge on any atom is 0.405 e. The number of nitrogens with one attached hydrogen (secondary N) is 1. The van der Waals surface area contributed by atoms with Gasteiger partial charge in [0.1, 0.15) is 11.2 Å². The van der Waals surface area contributed by atoms with Gasteiger partial charge in [-0.15, -0.1) is 0 Å². The molecular formula is C13H16N6O5S. The summed E-state index contributed by atoms with van der Waals surface area (Å²) in [5.74, 6) is 0.666. The van der Waals surface area contributed by atoms with Gasteiger partial charge in [-0.3, -0.25) is 0 Å². The molecule has 12 heteroatoms. The first kappa shape index (κ1) is 17.3. The molecule has 0 radical (unpaired) electrons. The van der Waals surface area contributed by atoms with Crippen LogP contribution in [0.3, 0.4) is 0 Å². The number of hydrogen-bond acceptors (Lipinski definition) is 7. The van der Waals surface area contributed by atoms with Crippen LogP contribution in [-0.2, 0) is 21.3 Å². The molecule has 0 saturated carbocycles. The fourth-order valence-electron chi connectivity index (χ4n) is 2.32. The molecule has 11 nitrogen and oxygen atoms in total. The Hall–Kier alpha value is -2.57. The molecular weight excluding hydrogens is 352 g/mol. The summed E-state index contributed by atoms with van der Waals surface area (Å²) >= 11 is 0. The molecule has 0 aromatic carbocycles. The molecule has 0 bridgehead atoms. The van der Waals surface area contributed by atoms with Crippen LogP contribution in [0.2, 0.25) is 0 Å². The summed E-state index contributed by atoms with van der Waals surface area (Å²) in [5.41, 5.74) is 0. The van der Waals surface area contributed by atoms with Gasteiger partial charge in [-0.25, -0.2) is 23.2 Å². The second-order valence-electron chi connectivity index (χ2n) is 5.12. The van der Waals surface area contributed by atoms with Crippen LogP contribution in [0.1, 0.15) is 5.82 Å². The Labute approximate surface area is 143 Å². The van der Waals surface area contributed by atoms with Crippen molar-refractivity contribution in [3.8, 4) is 5.82 Å². The van der Waals surface area contributed by atoms with Crippen molar-refractivity contribution in [3.63, 3.8) is 0 Å². The van der Waals surface area contributed by atoms with E-state index in [4.69, 9.17) is 9.84 Å². The van der Waals surface area contributed by atoms with E-state index in [9.17, 15) is 13.2 Å². The molecule has 0 aliphatic carbocycles. The molecule has 1 aliphatic heterocycles. The van der Waals surface area contributed by atoms with Crippen molar-refractivity contribution >= 4 is 16.1 Å². The number of amides is 1. The van der Waals surface area contributed by atoms with Crippen LogP contribution in [0.25, 0.3) is 5.82 Å². The van der Waals surface area contributed by atoms with E-state index in [0.717, 1.165) is 0 Å². The highest BCUT2D eigenvalue weighted by molar-refractivity contribution is 7.89. The highest BCUT2D eigenvalue weighted by atomic mass is 32.2. The lowest BCUT2D eigenvalue weighted by molar-refractivity contribution is 0.0730. The third kappa shape index (κ3) is 3.75. The first-order valence-electron chi connectivity index (χ1n) is 7.38. The first-order chi connectivity index (χ1) is 12.0. The predicted molar refractivity (Wildman–Crippen MR) is 83.6 cm³/mol. The van der Waals surface area contributed by atoms with Crippen molar-refractivity contribution in [1.82, 2.24) is 29.4 Å². The summed E-state index contributed by atoms with van der Waals surface area (Å²) in [6.45, 7) is 1.29. The van der Waals surface area contributed by atoms with Gasteiger partial charge >= 0.3 is 6.09 Å². The number of morpholine rings is 1. The van der Waals surface area contributed by atoms with Crippen molar-refractivity contribution in [2.24, 2.45) is 0 Å².